The number of nitrogens with two attached hydrogens (primary N) is 2. The molecule has 2 aromatic carbocycles. The third-order valence-electron chi connectivity index (χ3n) is 5.43. The molecule has 0 saturated carbocycles. The van der Waals surface area contributed by atoms with Crippen molar-refractivity contribution in [3.63, 3.8) is 0 Å². The highest BCUT2D eigenvalue weighted by Gasteiger charge is 2.27. The number of hydrogen-bond donors (Lipinski definition) is 2. The minimum Gasteiger partial charge on any atom is -0.397 e. The summed E-state index contributed by atoms with van der Waals surface area (Å²) in [6.07, 6.45) is 2.80. The first-order valence-corrected chi connectivity index (χ1v) is 11.2. The fraction of sp³-hybridized carbons (Fsp3) is 0.0833. The second-order valence-corrected chi connectivity index (χ2v) is 8.72. The second-order valence-electron chi connectivity index (χ2n) is 7.91. The van der Waals surface area contributed by atoms with Crippen molar-refractivity contribution in [3.8, 4) is 23.0 Å². The Morgan fingerprint density at radius 1 is 1.08 bits per heavy atom. The van der Waals surface area contributed by atoms with E-state index in [0.29, 0.717) is 17.7 Å². The van der Waals surface area contributed by atoms with Crippen molar-refractivity contribution in [1.82, 2.24) is 14.1 Å². The number of nitriles is 1. The first-order chi connectivity index (χ1) is 17.5. The number of rotatable bonds is 5. The van der Waals surface area contributed by atoms with Crippen molar-refractivity contribution >= 4 is 40.3 Å². The molecule has 0 spiro atoms. The molecule has 0 bridgehead atoms. The number of aromatic nitrogens is 3. The smallest absolute Gasteiger partial charge is 0.337 e. The van der Waals surface area contributed by atoms with Crippen LogP contribution in [0.15, 0.2) is 58.4 Å². The van der Waals surface area contributed by atoms with Gasteiger partial charge in [-0.3, -0.25) is 19.4 Å². The number of halogens is 4. The molecule has 0 unspecified atom stereocenters. The summed E-state index contributed by atoms with van der Waals surface area (Å²) in [5.74, 6) is 3.81. The van der Waals surface area contributed by atoms with Crippen LogP contribution in [-0.2, 0) is 6.54 Å². The lowest BCUT2D eigenvalue weighted by Gasteiger charge is -2.26. The number of aryl methyl sites for hydroxylation is 1. The Kier molecular flexibility index (Phi) is 7.00. The summed E-state index contributed by atoms with van der Waals surface area (Å²) >= 11 is 12.2. The van der Waals surface area contributed by atoms with Gasteiger partial charge < -0.3 is 5.73 Å². The number of hydrogen-bond acceptors (Lipinski definition) is 7. The Bertz CT molecular complexity index is 1710. The molecule has 2 aromatic heterocycles. The third kappa shape index (κ3) is 4.65. The zero-order chi connectivity index (χ0) is 27.0. The van der Waals surface area contributed by atoms with Gasteiger partial charge in [-0.05, 0) is 30.7 Å². The van der Waals surface area contributed by atoms with Gasteiger partial charge in [0.25, 0.3) is 5.56 Å². The van der Waals surface area contributed by atoms with Crippen molar-refractivity contribution in [1.29, 1.82) is 5.26 Å². The van der Waals surface area contributed by atoms with Gasteiger partial charge in [-0.2, -0.15) is 5.26 Å². The molecule has 37 heavy (non-hydrogen) atoms. The molecule has 0 aliphatic carbocycles. The van der Waals surface area contributed by atoms with E-state index < -0.39 is 29.4 Å². The number of nitrogen functional groups attached to an aromatic ring is 1. The van der Waals surface area contributed by atoms with E-state index in [1.807, 2.05) is 6.07 Å². The second kappa shape index (κ2) is 10.0. The molecule has 0 radical (unpaired) electrons. The minimum absolute atomic E-state index is 0.0871. The molecule has 13 heteroatoms. The molecule has 188 valence electrons. The number of benzene rings is 2. The van der Waals surface area contributed by atoms with Crippen molar-refractivity contribution in [2.75, 3.05) is 10.7 Å². The van der Waals surface area contributed by atoms with Crippen LogP contribution in [0.5, 0.6) is 0 Å². The van der Waals surface area contributed by atoms with Crippen molar-refractivity contribution in [3.05, 3.63) is 96.9 Å². The SMILES string of the molecule is Cc1cncc(-n2c(=O)c(N(N)c3cc(F)c(F)cc3N)c(-c3ccc(Cl)c(Cl)c3)n(CC#N)c2=O)c1. The maximum Gasteiger partial charge on any atom is 0.337 e. The summed E-state index contributed by atoms with van der Waals surface area (Å²) in [6, 6.07) is 9.08. The molecule has 4 aromatic rings. The van der Waals surface area contributed by atoms with Crippen LogP contribution >= 0.6 is 23.2 Å². The first kappa shape index (κ1) is 25.8. The summed E-state index contributed by atoms with van der Waals surface area (Å²) in [6.45, 7) is 1.19. The number of pyridine rings is 1. The lowest BCUT2D eigenvalue weighted by molar-refractivity contribution is 0.509. The molecule has 0 aliphatic heterocycles. The standard InChI is InChI=1S/C24H17Cl2F2N7O2/c1-12-6-14(11-32-10-12)34-23(36)22(35(31)20-9-18(28)17(27)8-19(20)30)21(33(5-4-29)24(34)37)13-2-3-15(25)16(26)7-13/h2-3,6-11H,5,30-31H2,1H3. The van der Waals surface area contributed by atoms with Gasteiger partial charge >= 0.3 is 5.69 Å². The van der Waals surface area contributed by atoms with Gasteiger partial charge in [-0.25, -0.2) is 24.0 Å². The Morgan fingerprint density at radius 2 is 1.78 bits per heavy atom. The quantitative estimate of drug-likeness (QED) is 0.220. The molecular weight excluding hydrogens is 527 g/mol. The zero-order valence-corrected chi connectivity index (χ0v) is 20.6. The van der Waals surface area contributed by atoms with Crippen LogP contribution in [0.2, 0.25) is 10.0 Å². The van der Waals surface area contributed by atoms with E-state index in [2.05, 4.69) is 4.98 Å². The molecular formula is C24H17Cl2F2N7O2. The molecule has 0 amide bonds. The van der Waals surface area contributed by atoms with Gasteiger partial charge in [0, 0.05) is 23.9 Å². The number of anilines is 3. The van der Waals surface area contributed by atoms with E-state index in [9.17, 15) is 23.6 Å². The predicted molar refractivity (Wildman–Crippen MR) is 137 cm³/mol. The average Bonchev–Trinajstić information content (AvgIpc) is 2.84. The molecule has 4 N–H and O–H groups in total. The van der Waals surface area contributed by atoms with Crippen LogP contribution < -0.4 is 27.8 Å². The van der Waals surface area contributed by atoms with Crippen LogP contribution in [0.25, 0.3) is 16.9 Å². The number of nitrogens with zero attached hydrogens (tertiary/aromatic N) is 5. The Balaban J connectivity index is 2.19. The molecule has 0 aliphatic rings. The summed E-state index contributed by atoms with van der Waals surface area (Å²) in [4.78, 5) is 31.6. The Hall–Kier alpha value is -4.24. The van der Waals surface area contributed by atoms with Crippen LogP contribution in [-0.4, -0.2) is 14.1 Å². The normalized spacial score (nSPS) is 10.8. The summed E-state index contributed by atoms with van der Waals surface area (Å²) in [5.41, 5.74) is 3.93. The van der Waals surface area contributed by atoms with E-state index in [-0.39, 0.29) is 44.1 Å². The lowest BCUT2D eigenvalue weighted by Crippen LogP contribution is -2.44. The van der Waals surface area contributed by atoms with Crippen LogP contribution in [0.4, 0.5) is 25.8 Å². The molecule has 2 heterocycles. The zero-order valence-electron chi connectivity index (χ0n) is 19.0. The van der Waals surface area contributed by atoms with Gasteiger partial charge in [-0.1, -0.05) is 29.3 Å². The first-order valence-electron chi connectivity index (χ1n) is 10.5. The fourth-order valence-corrected chi connectivity index (χ4v) is 4.08. The van der Waals surface area contributed by atoms with E-state index in [1.54, 1.807) is 6.92 Å². The largest absolute Gasteiger partial charge is 0.397 e. The topological polar surface area (TPSA) is 136 Å². The van der Waals surface area contributed by atoms with Crippen LogP contribution in [0.3, 0.4) is 0 Å². The summed E-state index contributed by atoms with van der Waals surface area (Å²) < 4.78 is 29.7. The molecule has 0 fully saturated rings. The van der Waals surface area contributed by atoms with Crippen LogP contribution in [0.1, 0.15) is 5.56 Å². The van der Waals surface area contributed by atoms with E-state index in [1.165, 1.54) is 36.7 Å². The van der Waals surface area contributed by atoms with Crippen LogP contribution in [0, 0.1) is 29.9 Å². The third-order valence-corrected chi connectivity index (χ3v) is 6.17. The average molecular weight is 544 g/mol. The molecule has 4 rings (SSSR count). The van der Waals surface area contributed by atoms with Gasteiger partial charge in [-0.15, -0.1) is 0 Å². The maximum atomic E-state index is 14.2. The highest BCUT2D eigenvalue weighted by atomic mass is 35.5. The molecule has 0 atom stereocenters. The van der Waals surface area contributed by atoms with Gasteiger partial charge in [0.05, 0.1) is 45.1 Å². The molecule has 9 nitrogen and oxygen atoms in total. The minimum atomic E-state index is -1.27. The highest BCUT2D eigenvalue weighted by Crippen LogP contribution is 2.36. The van der Waals surface area contributed by atoms with Crippen molar-refractivity contribution in [2.24, 2.45) is 5.84 Å². The van der Waals surface area contributed by atoms with Crippen molar-refractivity contribution in [2.45, 2.75) is 13.5 Å². The maximum absolute atomic E-state index is 14.2. The summed E-state index contributed by atoms with van der Waals surface area (Å²) in [5, 5.41) is 10.5. The monoisotopic (exact) mass is 543 g/mol. The van der Waals surface area contributed by atoms with Crippen molar-refractivity contribution < 1.29 is 8.78 Å². The van der Waals surface area contributed by atoms with Gasteiger partial charge in [0.2, 0.25) is 0 Å². The predicted octanol–water partition coefficient (Wildman–Crippen LogP) is 4.07. The van der Waals surface area contributed by atoms with E-state index in [0.717, 1.165) is 14.1 Å². The van der Waals surface area contributed by atoms with Gasteiger partial charge in [0.15, 0.2) is 11.6 Å². The lowest BCUT2D eigenvalue weighted by atomic mass is 10.1. The number of hydrazine groups is 1. The summed E-state index contributed by atoms with van der Waals surface area (Å²) in [7, 11) is 0. The van der Waals surface area contributed by atoms with E-state index in [4.69, 9.17) is 34.8 Å². The van der Waals surface area contributed by atoms with Gasteiger partial charge in [0.1, 0.15) is 12.2 Å². The Labute approximate surface area is 218 Å². The fourth-order valence-electron chi connectivity index (χ4n) is 3.78. The molecule has 0 saturated heterocycles. The Morgan fingerprint density at radius 3 is 2.43 bits per heavy atom. The highest BCUT2D eigenvalue weighted by molar-refractivity contribution is 6.42. The van der Waals surface area contributed by atoms with E-state index >= 15 is 0 Å².